The molecular weight excluding hydrogens is 256 g/mol. The summed E-state index contributed by atoms with van der Waals surface area (Å²) in [5, 5.41) is 15.9. The average molecular weight is 276 g/mol. The van der Waals surface area contributed by atoms with Crippen molar-refractivity contribution < 1.29 is 4.52 Å². The number of nitrogens with one attached hydrogen (secondary N) is 1. The first kappa shape index (κ1) is 13.2. The molecule has 0 saturated carbocycles. The predicted octanol–water partition coefficient (Wildman–Crippen LogP) is 1.20. The Balaban J connectivity index is 1.68. The van der Waals surface area contributed by atoms with Gasteiger partial charge in [-0.15, -0.1) is 10.2 Å². The molecule has 0 amide bonds. The van der Waals surface area contributed by atoms with E-state index in [0.29, 0.717) is 17.8 Å². The van der Waals surface area contributed by atoms with Gasteiger partial charge >= 0.3 is 0 Å². The number of fused-ring (bicyclic) bond motifs is 1. The highest BCUT2D eigenvalue weighted by atomic mass is 16.5. The third-order valence-corrected chi connectivity index (χ3v) is 3.74. The average Bonchev–Trinajstić information content (AvgIpc) is 3.04. The zero-order chi connectivity index (χ0) is 14.1. The van der Waals surface area contributed by atoms with Crippen molar-refractivity contribution in [2.45, 2.75) is 58.7 Å². The van der Waals surface area contributed by atoms with E-state index in [1.807, 2.05) is 6.92 Å². The van der Waals surface area contributed by atoms with E-state index in [-0.39, 0.29) is 6.04 Å². The lowest BCUT2D eigenvalue weighted by molar-refractivity contribution is 0.292. The largest absolute Gasteiger partial charge is 0.338 e. The van der Waals surface area contributed by atoms with Crippen molar-refractivity contribution in [1.29, 1.82) is 0 Å². The van der Waals surface area contributed by atoms with Gasteiger partial charge in [0.15, 0.2) is 5.82 Å². The molecule has 1 aliphatic rings. The van der Waals surface area contributed by atoms with E-state index in [2.05, 4.69) is 44.1 Å². The Hall–Kier alpha value is -1.76. The molecule has 1 aliphatic heterocycles. The van der Waals surface area contributed by atoms with Crippen molar-refractivity contribution >= 4 is 0 Å². The van der Waals surface area contributed by atoms with Crippen LogP contribution in [0, 0.1) is 6.92 Å². The molecule has 0 bridgehead atoms. The fourth-order valence-corrected chi connectivity index (χ4v) is 2.69. The molecule has 0 spiro atoms. The van der Waals surface area contributed by atoms with Gasteiger partial charge in [-0.25, -0.2) is 0 Å². The first-order valence-corrected chi connectivity index (χ1v) is 7.14. The van der Waals surface area contributed by atoms with Crippen molar-refractivity contribution in [1.82, 2.24) is 30.2 Å². The Bertz CT molecular complexity index is 576. The second kappa shape index (κ2) is 5.32. The van der Waals surface area contributed by atoms with Crippen LogP contribution in [-0.2, 0) is 19.4 Å². The molecule has 7 heteroatoms. The van der Waals surface area contributed by atoms with Crippen LogP contribution in [0.1, 0.15) is 49.7 Å². The van der Waals surface area contributed by atoms with Crippen LogP contribution in [-0.4, -0.2) is 30.9 Å². The SMILES string of the molecule is CCc1nnc2n1CC(NC(C)c1nc(C)no1)CC2. The van der Waals surface area contributed by atoms with E-state index in [4.69, 9.17) is 4.52 Å². The lowest BCUT2D eigenvalue weighted by Gasteiger charge is -2.27. The fraction of sp³-hybridized carbons (Fsp3) is 0.692. The van der Waals surface area contributed by atoms with Crippen molar-refractivity contribution in [3.05, 3.63) is 23.4 Å². The predicted molar refractivity (Wildman–Crippen MR) is 72.1 cm³/mol. The highest BCUT2D eigenvalue weighted by Crippen LogP contribution is 2.18. The Morgan fingerprint density at radius 3 is 3.00 bits per heavy atom. The molecule has 0 fully saturated rings. The minimum Gasteiger partial charge on any atom is -0.338 e. The first-order chi connectivity index (χ1) is 9.67. The molecule has 20 heavy (non-hydrogen) atoms. The van der Waals surface area contributed by atoms with Crippen LogP contribution >= 0.6 is 0 Å². The third-order valence-electron chi connectivity index (χ3n) is 3.74. The minimum absolute atomic E-state index is 0.0595. The van der Waals surface area contributed by atoms with Gasteiger partial charge < -0.3 is 14.4 Å². The van der Waals surface area contributed by atoms with Crippen LogP contribution in [0.4, 0.5) is 0 Å². The van der Waals surface area contributed by atoms with E-state index >= 15 is 0 Å². The maximum Gasteiger partial charge on any atom is 0.243 e. The second-order valence-corrected chi connectivity index (χ2v) is 5.30. The van der Waals surface area contributed by atoms with Gasteiger partial charge in [-0.1, -0.05) is 12.1 Å². The van der Waals surface area contributed by atoms with Gasteiger partial charge in [0, 0.05) is 25.4 Å². The maximum atomic E-state index is 5.21. The molecule has 1 N–H and O–H groups in total. The molecule has 0 aliphatic carbocycles. The van der Waals surface area contributed by atoms with Gasteiger partial charge in [0.25, 0.3) is 0 Å². The number of rotatable bonds is 4. The molecule has 7 nitrogen and oxygen atoms in total. The molecule has 2 unspecified atom stereocenters. The molecule has 2 aromatic rings. The van der Waals surface area contributed by atoms with Crippen molar-refractivity contribution in [3.63, 3.8) is 0 Å². The van der Waals surface area contributed by atoms with E-state index in [0.717, 1.165) is 37.5 Å². The molecule has 0 aromatic carbocycles. The lowest BCUT2D eigenvalue weighted by atomic mass is 10.1. The monoisotopic (exact) mass is 276 g/mol. The first-order valence-electron chi connectivity index (χ1n) is 7.14. The number of hydrogen-bond acceptors (Lipinski definition) is 6. The van der Waals surface area contributed by atoms with Crippen molar-refractivity contribution in [3.8, 4) is 0 Å². The summed E-state index contributed by atoms with van der Waals surface area (Å²) in [7, 11) is 0. The van der Waals surface area contributed by atoms with E-state index in [1.54, 1.807) is 0 Å². The summed E-state index contributed by atoms with van der Waals surface area (Å²) in [5.41, 5.74) is 0. The van der Waals surface area contributed by atoms with Crippen LogP contribution in [0.25, 0.3) is 0 Å². The van der Waals surface area contributed by atoms with Gasteiger partial charge in [0.2, 0.25) is 5.89 Å². The standard InChI is InChI=1S/C13H20N6O/c1-4-11-16-17-12-6-5-10(7-19(11)12)14-8(2)13-15-9(3)18-20-13/h8,10,14H,4-7H2,1-3H3. The molecule has 2 aromatic heterocycles. The van der Waals surface area contributed by atoms with Gasteiger partial charge in [-0.3, -0.25) is 0 Å². The Labute approximate surface area is 117 Å². The number of aromatic nitrogens is 5. The van der Waals surface area contributed by atoms with Crippen LogP contribution in [0.15, 0.2) is 4.52 Å². The molecule has 3 rings (SSSR count). The highest BCUT2D eigenvalue weighted by Gasteiger charge is 2.24. The second-order valence-electron chi connectivity index (χ2n) is 5.30. The lowest BCUT2D eigenvalue weighted by Crippen LogP contribution is -2.39. The zero-order valence-corrected chi connectivity index (χ0v) is 12.1. The number of aryl methyl sites for hydroxylation is 3. The van der Waals surface area contributed by atoms with E-state index in [1.165, 1.54) is 0 Å². The summed E-state index contributed by atoms with van der Waals surface area (Å²) in [6, 6.07) is 0.440. The normalized spacial score (nSPS) is 19.9. The van der Waals surface area contributed by atoms with Crippen LogP contribution in [0.2, 0.25) is 0 Å². The summed E-state index contributed by atoms with van der Waals surface area (Å²) in [6.07, 6.45) is 2.93. The third kappa shape index (κ3) is 2.45. The number of nitrogens with zero attached hydrogens (tertiary/aromatic N) is 5. The van der Waals surface area contributed by atoms with Crippen LogP contribution in [0.3, 0.4) is 0 Å². The summed E-state index contributed by atoms with van der Waals surface area (Å²) >= 11 is 0. The minimum atomic E-state index is 0.0595. The molecular formula is C13H20N6O. The molecule has 2 atom stereocenters. The van der Waals surface area contributed by atoms with Gasteiger partial charge in [0.1, 0.15) is 11.6 Å². The van der Waals surface area contributed by atoms with E-state index in [9.17, 15) is 0 Å². The smallest absolute Gasteiger partial charge is 0.243 e. The fourth-order valence-electron chi connectivity index (χ4n) is 2.69. The Morgan fingerprint density at radius 1 is 1.45 bits per heavy atom. The topological polar surface area (TPSA) is 81.7 Å². The zero-order valence-electron chi connectivity index (χ0n) is 12.1. The Kier molecular flexibility index (Phi) is 3.52. The summed E-state index contributed by atoms with van der Waals surface area (Å²) in [6.45, 7) is 6.90. The van der Waals surface area contributed by atoms with Crippen LogP contribution in [0.5, 0.6) is 0 Å². The van der Waals surface area contributed by atoms with Gasteiger partial charge in [-0.05, 0) is 20.3 Å². The van der Waals surface area contributed by atoms with Crippen molar-refractivity contribution in [2.24, 2.45) is 0 Å². The molecule has 0 saturated heterocycles. The van der Waals surface area contributed by atoms with Crippen molar-refractivity contribution in [2.75, 3.05) is 0 Å². The van der Waals surface area contributed by atoms with Gasteiger partial charge in [0.05, 0.1) is 6.04 Å². The summed E-state index contributed by atoms with van der Waals surface area (Å²) < 4.78 is 7.44. The highest BCUT2D eigenvalue weighted by molar-refractivity contribution is 5.02. The molecule has 108 valence electrons. The molecule has 0 radical (unpaired) electrons. The van der Waals surface area contributed by atoms with E-state index < -0.39 is 0 Å². The maximum absolute atomic E-state index is 5.21. The number of hydrogen-bond donors (Lipinski definition) is 1. The molecule has 3 heterocycles. The summed E-state index contributed by atoms with van der Waals surface area (Å²) in [5.74, 6) is 3.48. The van der Waals surface area contributed by atoms with Gasteiger partial charge in [-0.2, -0.15) is 4.98 Å². The quantitative estimate of drug-likeness (QED) is 0.903. The van der Waals surface area contributed by atoms with Crippen LogP contribution < -0.4 is 5.32 Å². The Morgan fingerprint density at radius 2 is 2.30 bits per heavy atom. The summed E-state index contributed by atoms with van der Waals surface area (Å²) in [4.78, 5) is 4.27.